The minimum absolute atomic E-state index is 0.107. The molecule has 0 aromatic heterocycles. The normalized spacial score (nSPS) is 19.5. The number of rotatable bonds is 18. The van der Waals surface area contributed by atoms with Gasteiger partial charge in [0.05, 0.1) is 19.8 Å². The summed E-state index contributed by atoms with van der Waals surface area (Å²) in [6.07, 6.45) is -7.42. The molecule has 248 valence electrons. The predicted molar refractivity (Wildman–Crippen MR) is 153 cm³/mol. The zero-order valence-electron chi connectivity index (χ0n) is 26.2. The third-order valence-corrected chi connectivity index (χ3v) is 8.07. The Morgan fingerprint density at radius 3 is 2.30 bits per heavy atom. The third kappa shape index (κ3) is 11.9. The highest BCUT2D eigenvalue weighted by atomic mass is 19.4. The van der Waals surface area contributed by atoms with Gasteiger partial charge in [0, 0.05) is 45.1 Å². The van der Waals surface area contributed by atoms with E-state index in [-0.39, 0.29) is 25.3 Å². The SMILES string of the molecule is COCC(C)(COC)CN(CCCN(C)CCC1(OC(=O)CC(F)(F)F)CCc2cc(F)ccc2C1C(C)C)CC(F)F. The maximum atomic E-state index is 14.0. The number of methoxy groups -OCH3 is 2. The first-order valence-electron chi connectivity index (χ1n) is 14.8. The molecule has 0 saturated heterocycles. The van der Waals surface area contributed by atoms with Crippen LogP contribution >= 0.6 is 0 Å². The molecule has 2 rings (SSSR count). The van der Waals surface area contributed by atoms with E-state index >= 15 is 0 Å². The van der Waals surface area contributed by atoms with Gasteiger partial charge in [0.15, 0.2) is 0 Å². The lowest BCUT2D eigenvalue weighted by atomic mass is 9.65. The van der Waals surface area contributed by atoms with Gasteiger partial charge in [0.2, 0.25) is 0 Å². The van der Waals surface area contributed by atoms with E-state index in [2.05, 4.69) is 0 Å². The molecule has 0 amide bonds. The molecule has 0 radical (unpaired) electrons. The van der Waals surface area contributed by atoms with Gasteiger partial charge in [0.25, 0.3) is 6.43 Å². The first kappa shape index (κ1) is 37.3. The van der Waals surface area contributed by atoms with Crippen LogP contribution in [0.2, 0.25) is 0 Å². The Labute approximate surface area is 252 Å². The molecule has 2 atom stereocenters. The van der Waals surface area contributed by atoms with Crippen LogP contribution in [0.4, 0.5) is 26.3 Å². The Morgan fingerprint density at radius 1 is 1.09 bits per heavy atom. The second-order valence-corrected chi connectivity index (χ2v) is 12.6. The summed E-state index contributed by atoms with van der Waals surface area (Å²) >= 11 is 0. The number of alkyl halides is 5. The van der Waals surface area contributed by atoms with Crippen molar-refractivity contribution in [1.82, 2.24) is 9.80 Å². The van der Waals surface area contributed by atoms with E-state index < -0.39 is 47.7 Å². The van der Waals surface area contributed by atoms with Gasteiger partial charge >= 0.3 is 12.1 Å². The first-order valence-corrected chi connectivity index (χ1v) is 14.8. The van der Waals surface area contributed by atoms with E-state index in [4.69, 9.17) is 14.2 Å². The Morgan fingerprint density at radius 2 is 1.74 bits per heavy atom. The fraction of sp³-hybridized carbons (Fsp3) is 0.774. The van der Waals surface area contributed by atoms with E-state index in [9.17, 15) is 31.1 Å². The summed E-state index contributed by atoms with van der Waals surface area (Å²) in [6.45, 7) is 7.76. The summed E-state index contributed by atoms with van der Waals surface area (Å²) < 4.78 is 96.4. The number of benzene rings is 1. The monoisotopic (exact) mass is 626 g/mol. The summed E-state index contributed by atoms with van der Waals surface area (Å²) in [5.74, 6) is -2.26. The number of carbonyl (C=O) groups excluding carboxylic acids is 1. The highest BCUT2D eigenvalue weighted by molar-refractivity contribution is 5.71. The number of fused-ring (bicyclic) bond motifs is 1. The first-order chi connectivity index (χ1) is 20.0. The summed E-state index contributed by atoms with van der Waals surface area (Å²) in [7, 11) is 4.96. The van der Waals surface area contributed by atoms with Crippen LogP contribution in [0.1, 0.15) is 63.5 Å². The van der Waals surface area contributed by atoms with E-state index in [0.717, 1.165) is 11.1 Å². The topological polar surface area (TPSA) is 51.2 Å². The minimum atomic E-state index is -4.70. The fourth-order valence-corrected chi connectivity index (χ4v) is 6.57. The Bertz CT molecular complexity index is 1000. The minimum Gasteiger partial charge on any atom is -0.458 e. The van der Waals surface area contributed by atoms with Crippen molar-refractivity contribution in [1.29, 1.82) is 0 Å². The van der Waals surface area contributed by atoms with E-state index in [1.165, 1.54) is 12.1 Å². The quantitative estimate of drug-likeness (QED) is 0.140. The molecule has 0 spiro atoms. The molecule has 2 unspecified atom stereocenters. The zero-order chi connectivity index (χ0) is 32.4. The van der Waals surface area contributed by atoms with Gasteiger partial charge in [-0.2, -0.15) is 13.2 Å². The zero-order valence-corrected chi connectivity index (χ0v) is 26.2. The molecule has 0 heterocycles. The number of hydrogen-bond acceptors (Lipinski definition) is 6. The lowest BCUT2D eigenvalue weighted by Gasteiger charge is -2.47. The van der Waals surface area contributed by atoms with Gasteiger partial charge in [-0.1, -0.05) is 26.8 Å². The van der Waals surface area contributed by atoms with Crippen molar-refractivity contribution in [2.24, 2.45) is 11.3 Å². The van der Waals surface area contributed by atoms with E-state index in [1.54, 1.807) is 25.2 Å². The molecule has 43 heavy (non-hydrogen) atoms. The van der Waals surface area contributed by atoms with Gasteiger partial charge in [-0.05, 0) is 68.6 Å². The number of carbonyl (C=O) groups is 1. The van der Waals surface area contributed by atoms with Gasteiger partial charge in [-0.25, -0.2) is 13.2 Å². The van der Waals surface area contributed by atoms with Crippen LogP contribution in [0.3, 0.4) is 0 Å². The second-order valence-electron chi connectivity index (χ2n) is 12.6. The van der Waals surface area contributed by atoms with Crippen LogP contribution in [0, 0.1) is 17.2 Å². The Hall–Kier alpha value is -1.89. The van der Waals surface area contributed by atoms with E-state index in [1.807, 2.05) is 32.7 Å². The molecular formula is C31H48F6N2O4. The number of ether oxygens (including phenoxy) is 3. The highest BCUT2D eigenvalue weighted by Crippen LogP contribution is 2.48. The van der Waals surface area contributed by atoms with Crippen molar-refractivity contribution in [2.45, 2.75) is 77.0 Å². The number of esters is 1. The number of hydrogen-bond donors (Lipinski definition) is 0. The van der Waals surface area contributed by atoms with Crippen LogP contribution < -0.4 is 0 Å². The van der Waals surface area contributed by atoms with Gasteiger partial charge in [-0.15, -0.1) is 0 Å². The smallest absolute Gasteiger partial charge is 0.399 e. The second kappa shape index (κ2) is 16.4. The fourth-order valence-electron chi connectivity index (χ4n) is 6.57. The number of aryl methyl sites for hydroxylation is 1. The molecule has 1 aromatic rings. The lowest BCUT2D eigenvalue weighted by Crippen LogP contribution is -2.49. The molecule has 1 aromatic carbocycles. The highest BCUT2D eigenvalue weighted by Gasteiger charge is 2.49. The maximum absolute atomic E-state index is 14.0. The maximum Gasteiger partial charge on any atom is 0.399 e. The Kier molecular flexibility index (Phi) is 14.3. The molecular weight excluding hydrogens is 578 g/mol. The molecule has 12 heteroatoms. The molecule has 0 N–H and O–H groups in total. The van der Waals surface area contributed by atoms with Gasteiger partial charge < -0.3 is 19.1 Å². The van der Waals surface area contributed by atoms with Crippen molar-refractivity contribution < 1.29 is 45.3 Å². The lowest BCUT2D eigenvalue weighted by molar-refractivity contribution is -0.189. The third-order valence-electron chi connectivity index (χ3n) is 8.07. The van der Waals surface area contributed by atoms with Gasteiger partial charge in [-0.3, -0.25) is 9.69 Å². The average Bonchev–Trinajstić information content (AvgIpc) is 2.86. The molecule has 0 aliphatic heterocycles. The summed E-state index contributed by atoms with van der Waals surface area (Å²) in [5, 5.41) is 0. The standard InChI is InChI=1S/C31H48F6N2O4/c1-22(2)28-25-9-8-24(32)16-23(25)10-11-30(28,43-27(40)17-31(35,36)37)12-15-38(4)13-7-14-39(18-26(33)34)19-29(3,20-41-5)21-42-6/h8-9,16,22,26,28H,7,10-15,17-21H2,1-6H3. The predicted octanol–water partition coefficient (Wildman–Crippen LogP) is 6.32. The molecule has 1 aliphatic rings. The molecule has 6 nitrogen and oxygen atoms in total. The van der Waals surface area contributed by atoms with Crippen LogP contribution in [0.25, 0.3) is 0 Å². The van der Waals surface area contributed by atoms with Crippen molar-refractivity contribution in [3.63, 3.8) is 0 Å². The van der Waals surface area contributed by atoms with E-state index in [0.29, 0.717) is 52.2 Å². The summed E-state index contributed by atoms with van der Waals surface area (Å²) in [6, 6.07) is 4.40. The molecule has 0 fully saturated rings. The van der Waals surface area contributed by atoms with Gasteiger partial charge in [0.1, 0.15) is 17.8 Å². The van der Waals surface area contributed by atoms with Crippen molar-refractivity contribution in [2.75, 3.05) is 67.2 Å². The van der Waals surface area contributed by atoms with Crippen LogP contribution in [0.15, 0.2) is 18.2 Å². The average molecular weight is 627 g/mol. The Balaban J connectivity index is 2.17. The van der Waals surface area contributed by atoms with Crippen molar-refractivity contribution in [3.05, 3.63) is 35.1 Å². The number of halogens is 6. The van der Waals surface area contributed by atoms with Crippen LogP contribution in [-0.2, 0) is 25.4 Å². The molecule has 1 aliphatic carbocycles. The summed E-state index contributed by atoms with van der Waals surface area (Å²) in [5.41, 5.74) is -0.131. The largest absolute Gasteiger partial charge is 0.458 e. The van der Waals surface area contributed by atoms with Crippen molar-refractivity contribution in [3.8, 4) is 0 Å². The molecule has 0 bridgehead atoms. The van der Waals surface area contributed by atoms with Crippen LogP contribution in [0.5, 0.6) is 0 Å². The number of nitrogens with zero attached hydrogens (tertiary/aromatic N) is 2. The summed E-state index contributed by atoms with van der Waals surface area (Å²) in [4.78, 5) is 16.2. The van der Waals surface area contributed by atoms with Crippen LogP contribution in [-0.4, -0.2) is 101 Å². The molecule has 0 saturated carbocycles. The van der Waals surface area contributed by atoms with Crippen molar-refractivity contribution >= 4 is 5.97 Å².